The lowest BCUT2D eigenvalue weighted by atomic mass is 9.90. The number of nitrogens with zero attached hydrogens (tertiary/aromatic N) is 1. The van der Waals surface area contributed by atoms with Crippen LogP contribution in [0.2, 0.25) is 15.1 Å². The molecule has 1 saturated heterocycles. The second kappa shape index (κ2) is 9.78. The lowest BCUT2D eigenvalue weighted by Crippen LogP contribution is -2.41. The van der Waals surface area contributed by atoms with E-state index in [-0.39, 0.29) is 22.4 Å². The van der Waals surface area contributed by atoms with Gasteiger partial charge in [0.05, 0.1) is 10.0 Å². The molecule has 0 aliphatic carbocycles. The third-order valence-corrected chi connectivity index (χ3v) is 7.62. The van der Waals surface area contributed by atoms with E-state index in [0.29, 0.717) is 39.1 Å². The van der Waals surface area contributed by atoms with E-state index in [1.165, 1.54) is 5.56 Å². The van der Waals surface area contributed by atoms with Crippen LogP contribution in [0.3, 0.4) is 0 Å². The highest BCUT2D eigenvalue weighted by Gasteiger charge is 2.25. The Morgan fingerprint density at radius 3 is 2.48 bits per heavy atom. The maximum absolute atomic E-state index is 12.5. The summed E-state index contributed by atoms with van der Waals surface area (Å²) in [6.45, 7) is 1.04. The zero-order valence-corrected chi connectivity index (χ0v) is 19.7. The van der Waals surface area contributed by atoms with Crippen molar-refractivity contribution in [3.05, 3.63) is 68.0 Å². The van der Waals surface area contributed by atoms with Crippen LogP contribution in [0.5, 0.6) is 0 Å². The van der Waals surface area contributed by atoms with E-state index >= 15 is 0 Å². The number of piperidine rings is 1. The smallest absolute Gasteiger partial charge is 0.350 e. The third-order valence-electron chi connectivity index (χ3n) is 5.50. The highest BCUT2D eigenvalue weighted by atomic mass is 35.5. The highest BCUT2D eigenvalue weighted by molar-refractivity contribution is 7.21. The zero-order valence-electron chi connectivity index (χ0n) is 16.6. The monoisotopic (exact) mass is 495 g/mol. The molecule has 1 aliphatic heterocycles. The molecule has 0 atom stereocenters. The fraction of sp³-hybridized carbons (Fsp3) is 0.304. The second-order valence-electron chi connectivity index (χ2n) is 7.60. The molecule has 0 radical (unpaired) electrons. The van der Waals surface area contributed by atoms with Crippen molar-refractivity contribution in [1.29, 1.82) is 0 Å². The van der Waals surface area contributed by atoms with Crippen molar-refractivity contribution in [3.8, 4) is 0 Å². The molecule has 0 saturated carbocycles. The number of likely N-dealkylation sites (tertiary alicyclic amines) is 1. The Kier molecular flexibility index (Phi) is 7.07. The van der Waals surface area contributed by atoms with Crippen LogP contribution in [0.25, 0.3) is 10.1 Å². The average molecular weight is 497 g/mol. The molecule has 0 N–H and O–H groups in total. The molecular weight excluding hydrogens is 477 g/mol. The molecule has 0 bridgehead atoms. The summed E-state index contributed by atoms with van der Waals surface area (Å²) in [7, 11) is 0. The summed E-state index contributed by atoms with van der Waals surface area (Å²) in [4.78, 5) is 27.0. The first-order valence-corrected chi connectivity index (χ1v) is 11.9. The Labute approximate surface area is 199 Å². The maximum atomic E-state index is 12.5. The van der Waals surface area contributed by atoms with E-state index in [1.807, 2.05) is 18.2 Å². The van der Waals surface area contributed by atoms with Gasteiger partial charge < -0.3 is 9.64 Å². The van der Waals surface area contributed by atoms with Crippen molar-refractivity contribution in [2.24, 2.45) is 5.92 Å². The molecule has 1 aliphatic rings. The summed E-state index contributed by atoms with van der Waals surface area (Å²) in [6.07, 6.45) is 2.90. The predicted octanol–water partition coefficient (Wildman–Crippen LogP) is 6.50. The number of amides is 1. The van der Waals surface area contributed by atoms with Crippen molar-refractivity contribution in [2.75, 3.05) is 19.7 Å². The van der Waals surface area contributed by atoms with Crippen molar-refractivity contribution in [2.45, 2.75) is 19.3 Å². The van der Waals surface area contributed by atoms with E-state index in [4.69, 9.17) is 39.5 Å². The minimum atomic E-state index is -0.634. The Balaban J connectivity index is 1.31. The summed E-state index contributed by atoms with van der Waals surface area (Å²) in [5, 5.41) is 1.62. The van der Waals surface area contributed by atoms with Crippen molar-refractivity contribution in [3.63, 3.8) is 0 Å². The van der Waals surface area contributed by atoms with Gasteiger partial charge in [-0.2, -0.15) is 0 Å². The van der Waals surface area contributed by atoms with Crippen LogP contribution in [-0.2, 0) is 16.0 Å². The molecule has 1 amide bonds. The normalized spacial score (nSPS) is 14.7. The van der Waals surface area contributed by atoms with Crippen LogP contribution in [0.15, 0.2) is 42.5 Å². The molecule has 31 heavy (non-hydrogen) atoms. The number of carbonyl (C=O) groups is 2. The molecule has 0 unspecified atom stereocenters. The fourth-order valence-electron chi connectivity index (χ4n) is 3.86. The van der Waals surface area contributed by atoms with Crippen LogP contribution in [-0.4, -0.2) is 36.5 Å². The number of hydrogen-bond acceptors (Lipinski definition) is 4. The van der Waals surface area contributed by atoms with Gasteiger partial charge in [-0.15, -0.1) is 11.3 Å². The molecular formula is C23H20Cl3NO3S. The first kappa shape index (κ1) is 22.4. The summed E-state index contributed by atoms with van der Waals surface area (Å²) in [5.41, 5.74) is 1.32. The molecule has 1 fully saturated rings. The number of hydrogen-bond donors (Lipinski definition) is 0. The zero-order chi connectivity index (χ0) is 22.0. The van der Waals surface area contributed by atoms with Gasteiger partial charge >= 0.3 is 5.97 Å². The van der Waals surface area contributed by atoms with Crippen LogP contribution >= 0.6 is 46.1 Å². The topological polar surface area (TPSA) is 46.6 Å². The van der Waals surface area contributed by atoms with Gasteiger partial charge in [0.15, 0.2) is 6.61 Å². The van der Waals surface area contributed by atoms with Crippen molar-refractivity contribution >= 4 is 68.1 Å². The van der Waals surface area contributed by atoms with E-state index in [0.717, 1.165) is 30.6 Å². The molecule has 2 heterocycles. The maximum Gasteiger partial charge on any atom is 0.350 e. The van der Waals surface area contributed by atoms with Gasteiger partial charge in [-0.25, -0.2) is 4.79 Å². The van der Waals surface area contributed by atoms with Gasteiger partial charge in [-0.3, -0.25) is 4.79 Å². The Bertz CT molecular complexity index is 1110. The van der Waals surface area contributed by atoms with Crippen LogP contribution < -0.4 is 0 Å². The Morgan fingerprint density at radius 2 is 1.77 bits per heavy atom. The van der Waals surface area contributed by atoms with Gasteiger partial charge in [0.1, 0.15) is 4.88 Å². The fourth-order valence-corrected chi connectivity index (χ4v) is 6.12. The molecule has 8 heteroatoms. The van der Waals surface area contributed by atoms with Gasteiger partial charge in [0, 0.05) is 28.2 Å². The minimum absolute atomic E-state index is 0.190. The van der Waals surface area contributed by atoms with Gasteiger partial charge in [-0.1, -0.05) is 65.1 Å². The summed E-state index contributed by atoms with van der Waals surface area (Å²) in [6, 6.07) is 13.7. The molecule has 3 aromatic rings. The minimum Gasteiger partial charge on any atom is -0.451 e. The molecule has 2 aromatic carbocycles. The van der Waals surface area contributed by atoms with Gasteiger partial charge in [0.2, 0.25) is 0 Å². The Morgan fingerprint density at radius 1 is 1.06 bits per heavy atom. The largest absolute Gasteiger partial charge is 0.451 e. The third kappa shape index (κ3) is 5.17. The number of carbonyl (C=O) groups excluding carboxylic acids is 2. The molecule has 4 rings (SSSR count). The number of fused-ring (bicyclic) bond motifs is 1. The SMILES string of the molecule is O=C(OCC(=O)N1CCC(Cc2ccccc2)CC1)c1sc2cc(Cl)cc(Cl)c2c1Cl. The van der Waals surface area contributed by atoms with Gasteiger partial charge in [-0.05, 0) is 42.9 Å². The number of rotatable bonds is 5. The number of thiophene rings is 1. The average Bonchev–Trinajstić information content (AvgIpc) is 3.09. The second-order valence-corrected chi connectivity index (χ2v) is 9.87. The first-order chi connectivity index (χ1) is 14.9. The van der Waals surface area contributed by atoms with Crippen LogP contribution in [0, 0.1) is 5.92 Å². The van der Waals surface area contributed by atoms with E-state index < -0.39 is 5.97 Å². The predicted molar refractivity (Wildman–Crippen MR) is 127 cm³/mol. The molecule has 4 nitrogen and oxygen atoms in total. The number of ether oxygens (including phenoxy) is 1. The Hall–Kier alpha value is -1.79. The first-order valence-electron chi connectivity index (χ1n) is 9.98. The summed E-state index contributed by atoms with van der Waals surface area (Å²) < 4.78 is 5.96. The molecule has 162 valence electrons. The summed E-state index contributed by atoms with van der Waals surface area (Å²) in [5.74, 6) is -0.265. The lowest BCUT2D eigenvalue weighted by Gasteiger charge is -2.32. The van der Waals surface area contributed by atoms with Gasteiger partial charge in [0.25, 0.3) is 5.91 Å². The number of esters is 1. The van der Waals surface area contributed by atoms with E-state index in [2.05, 4.69) is 12.1 Å². The molecule has 0 spiro atoms. The van der Waals surface area contributed by atoms with Crippen LogP contribution in [0.1, 0.15) is 28.1 Å². The number of halogens is 3. The highest BCUT2D eigenvalue weighted by Crippen LogP contribution is 2.41. The lowest BCUT2D eigenvalue weighted by molar-refractivity contribution is -0.135. The number of benzene rings is 2. The van der Waals surface area contributed by atoms with Crippen LogP contribution in [0.4, 0.5) is 0 Å². The quantitative estimate of drug-likeness (QED) is 0.379. The van der Waals surface area contributed by atoms with E-state index in [9.17, 15) is 9.59 Å². The van der Waals surface area contributed by atoms with E-state index in [1.54, 1.807) is 17.0 Å². The van der Waals surface area contributed by atoms with Crippen molar-refractivity contribution < 1.29 is 14.3 Å². The van der Waals surface area contributed by atoms with Crippen molar-refractivity contribution in [1.82, 2.24) is 4.90 Å². The summed E-state index contributed by atoms with van der Waals surface area (Å²) >= 11 is 19.7. The molecule has 1 aromatic heterocycles. The standard InChI is InChI=1S/C23H20Cl3NO3S/c24-16-11-17(25)20-18(12-16)31-22(21(20)26)23(29)30-13-19(28)27-8-6-15(7-9-27)10-14-4-2-1-3-5-14/h1-5,11-12,15H,6-10,13H2.